The number of aryl methyl sites for hydroxylation is 1. The maximum atomic E-state index is 12.1. The average Bonchev–Trinajstić information content (AvgIpc) is 2.80. The second-order valence-electron chi connectivity index (χ2n) is 8.41. The molecule has 2 aromatic carbocycles. The van der Waals surface area contributed by atoms with E-state index in [0.717, 1.165) is 68.0 Å². The molecule has 0 unspecified atom stereocenters. The third kappa shape index (κ3) is 5.47. The van der Waals surface area contributed by atoms with Gasteiger partial charge in [0.1, 0.15) is 11.3 Å². The Morgan fingerprint density at radius 3 is 2.53 bits per heavy atom. The Hall–Kier alpha value is -2.89. The SMILES string of the molecule is CCCOc1ccc2c(C)cc(=O)oc2c1CN1CCN(C/C=C/c2ccccc2)CC1. The minimum Gasteiger partial charge on any atom is -0.493 e. The van der Waals surface area contributed by atoms with Crippen LogP contribution in [0.25, 0.3) is 17.0 Å². The second-order valence-corrected chi connectivity index (χ2v) is 8.41. The first-order valence-electron chi connectivity index (χ1n) is 11.5. The fraction of sp³-hybridized carbons (Fsp3) is 0.370. The fourth-order valence-corrected chi connectivity index (χ4v) is 4.17. The highest BCUT2D eigenvalue weighted by atomic mass is 16.5. The summed E-state index contributed by atoms with van der Waals surface area (Å²) in [5, 5.41) is 0.980. The first kappa shape index (κ1) is 22.3. The van der Waals surface area contributed by atoms with Crippen LogP contribution in [0.5, 0.6) is 5.75 Å². The van der Waals surface area contributed by atoms with Crippen LogP contribution in [0.1, 0.15) is 30.0 Å². The van der Waals surface area contributed by atoms with Gasteiger partial charge in [-0.1, -0.05) is 49.4 Å². The van der Waals surface area contributed by atoms with Crippen molar-refractivity contribution < 1.29 is 9.15 Å². The van der Waals surface area contributed by atoms with Gasteiger partial charge < -0.3 is 9.15 Å². The molecule has 1 aliphatic heterocycles. The van der Waals surface area contributed by atoms with E-state index < -0.39 is 0 Å². The molecule has 168 valence electrons. The van der Waals surface area contributed by atoms with Crippen molar-refractivity contribution in [3.63, 3.8) is 0 Å². The molecule has 0 N–H and O–H groups in total. The lowest BCUT2D eigenvalue weighted by molar-refractivity contribution is 0.136. The van der Waals surface area contributed by atoms with Gasteiger partial charge in [-0.15, -0.1) is 0 Å². The largest absolute Gasteiger partial charge is 0.493 e. The number of piperazine rings is 1. The van der Waals surface area contributed by atoms with Crippen LogP contribution in [0.3, 0.4) is 0 Å². The van der Waals surface area contributed by atoms with Crippen molar-refractivity contribution in [1.29, 1.82) is 0 Å². The fourth-order valence-electron chi connectivity index (χ4n) is 4.17. The van der Waals surface area contributed by atoms with Crippen molar-refractivity contribution in [3.05, 3.63) is 81.7 Å². The van der Waals surface area contributed by atoms with Crippen molar-refractivity contribution in [1.82, 2.24) is 9.80 Å². The summed E-state index contributed by atoms with van der Waals surface area (Å²) in [7, 11) is 0. The Balaban J connectivity index is 1.44. The summed E-state index contributed by atoms with van der Waals surface area (Å²) < 4.78 is 11.7. The van der Waals surface area contributed by atoms with Crippen molar-refractivity contribution in [2.24, 2.45) is 0 Å². The zero-order valence-corrected chi connectivity index (χ0v) is 19.0. The lowest BCUT2D eigenvalue weighted by Gasteiger charge is -2.34. The Kier molecular flexibility index (Phi) is 7.40. The van der Waals surface area contributed by atoms with Crippen LogP contribution in [0.2, 0.25) is 0 Å². The Bertz CT molecular complexity index is 1110. The number of benzene rings is 2. The molecule has 3 aromatic rings. The lowest BCUT2D eigenvalue weighted by Crippen LogP contribution is -2.45. The minimum atomic E-state index is -0.307. The van der Waals surface area contributed by atoms with Crippen LogP contribution < -0.4 is 10.4 Å². The third-order valence-electron chi connectivity index (χ3n) is 5.96. The van der Waals surface area contributed by atoms with E-state index in [1.807, 2.05) is 25.1 Å². The highest BCUT2D eigenvalue weighted by Crippen LogP contribution is 2.30. The van der Waals surface area contributed by atoms with Crippen LogP contribution in [0.4, 0.5) is 0 Å². The second kappa shape index (κ2) is 10.6. The third-order valence-corrected chi connectivity index (χ3v) is 5.96. The molecule has 4 rings (SSSR count). The number of fused-ring (bicyclic) bond motifs is 1. The minimum absolute atomic E-state index is 0.307. The maximum Gasteiger partial charge on any atom is 0.336 e. The molecule has 0 radical (unpaired) electrons. The number of nitrogens with zero attached hydrogens (tertiary/aromatic N) is 2. The van der Waals surface area contributed by atoms with Gasteiger partial charge in [0.2, 0.25) is 0 Å². The van der Waals surface area contributed by atoms with Crippen molar-refractivity contribution in [2.45, 2.75) is 26.8 Å². The zero-order chi connectivity index (χ0) is 22.3. The molecule has 0 atom stereocenters. The summed E-state index contributed by atoms with van der Waals surface area (Å²) in [6.07, 6.45) is 5.36. The molecule has 0 aliphatic carbocycles. The van der Waals surface area contributed by atoms with E-state index in [0.29, 0.717) is 12.2 Å². The number of rotatable bonds is 8. The van der Waals surface area contributed by atoms with Crippen molar-refractivity contribution in [3.8, 4) is 5.75 Å². The van der Waals surface area contributed by atoms with Crippen LogP contribution >= 0.6 is 0 Å². The molecule has 32 heavy (non-hydrogen) atoms. The number of hydrogen-bond acceptors (Lipinski definition) is 5. The van der Waals surface area contributed by atoms with Gasteiger partial charge in [0.25, 0.3) is 0 Å². The van der Waals surface area contributed by atoms with E-state index in [4.69, 9.17) is 9.15 Å². The van der Waals surface area contributed by atoms with E-state index in [-0.39, 0.29) is 5.63 Å². The Labute approximate surface area is 189 Å². The van der Waals surface area contributed by atoms with Gasteiger partial charge in [0.05, 0.1) is 12.2 Å². The van der Waals surface area contributed by atoms with E-state index in [9.17, 15) is 4.79 Å². The first-order valence-corrected chi connectivity index (χ1v) is 11.5. The summed E-state index contributed by atoms with van der Waals surface area (Å²) in [4.78, 5) is 17.0. The van der Waals surface area contributed by atoms with E-state index in [1.54, 1.807) is 6.07 Å². The molecule has 0 amide bonds. The topological polar surface area (TPSA) is 45.9 Å². The van der Waals surface area contributed by atoms with Gasteiger partial charge in [0.15, 0.2) is 0 Å². The summed E-state index contributed by atoms with van der Waals surface area (Å²) in [5.74, 6) is 0.821. The van der Waals surface area contributed by atoms with Gasteiger partial charge in [-0.05, 0) is 36.6 Å². The van der Waals surface area contributed by atoms with Gasteiger partial charge in [-0.2, -0.15) is 0 Å². The van der Waals surface area contributed by atoms with Gasteiger partial charge >= 0.3 is 5.63 Å². The lowest BCUT2D eigenvalue weighted by atomic mass is 10.1. The first-order chi connectivity index (χ1) is 15.6. The van der Waals surface area contributed by atoms with Crippen molar-refractivity contribution in [2.75, 3.05) is 39.3 Å². The molecule has 0 spiro atoms. The Morgan fingerprint density at radius 1 is 1.03 bits per heavy atom. The predicted molar refractivity (Wildman–Crippen MR) is 130 cm³/mol. The molecule has 0 bridgehead atoms. The van der Waals surface area contributed by atoms with Gasteiger partial charge in [-0.25, -0.2) is 4.79 Å². The smallest absolute Gasteiger partial charge is 0.336 e. The number of hydrogen-bond donors (Lipinski definition) is 0. The van der Waals surface area contributed by atoms with E-state index in [2.05, 4.69) is 53.1 Å². The highest BCUT2D eigenvalue weighted by Gasteiger charge is 2.21. The Morgan fingerprint density at radius 2 is 1.78 bits per heavy atom. The molecule has 5 nitrogen and oxygen atoms in total. The van der Waals surface area contributed by atoms with E-state index >= 15 is 0 Å². The summed E-state index contributed by atoms with van der Waals surface area (Å²) >= 11 is 0. The van der Waals surface area contributed by atoms with Gasteiger partial charge in [-0.3, -0.25) is 9.80 Å². The molecule has 1 saturated heterocycles. The molecular weight excluding hydrogens is 400 g/mol. The molecule has 5 heteroatoms. The summed E-state index contributed by atoms with van der Waals surface area (Å²) in [5.41, 5.74) is 3.51. The molecule has 0 saturated carbocycles. The molecule has 1 aliphatic rings. The predicted octanol–water partition coefficient (Wildman–Crippen LogP) is 4.72. The van der Waals surface area contributed by atoms with E-state index in [1.165, 1.54) is 5.56 Å². The van der Waals surface area contributed by atoms with Crippen LogP contribution in [0.15, 0.2) is 63.8 Å². The summed E-state index contributed by atoms with van der Waals surface area (Å²) in [6.45, 7) is 10.3. The zero-order valence-electron chi connectivity index (χ0n) is 19.0. The van der Waals surface area contributed by atoms with Crippen LogP contribution in [-0.2, 0) is 6.54 Å². The van der Waals surface area contributed by atoms with Crippen LogP contribution in [0, 0.1) is 6.92 Å². The van der Waals surface area contributed by atoms with Crippen LogP contribution in [-0.4, -0.2) is 49.1 Å². The molecular formula is C27H32N2O3. The maximum absolute atomic E-state index is 12.1. The quantitative estimate of drug-likeness (QED) is 0.482. The standard InChI is InChI=1S/C27H32N2O3/c1-3-18-31-25-12-11-23-21(2)19-26(30)32-27(23)24(25)20-29-16-14-28(15-17-29)13-7-10-22-8-5-4-6-9-22/h4-12,19H,3,13-18,20H2,1-2H3/b10-7+. The van der Waals surface area contributed by atoms with Crippen molar-refractivity contribution >= 4 is 17.0 Å². The highest BCUT2D eigenvalue weighted by molar-refractivity contribution is 5.85. The monoisotopic (exact) mass is 432 g/mol. The number of ether oxygens (including phenoxy) is 1. The average molecular weight is 433 g/mol. The molecule has 1 fully saturated rings. The summed E-state index contributed by atoms with van der Waals surface area (Å²) in [6, 6.07) is 16.0. The molecule has 1 aromatic heterocycles. The molecule has 2 heterocycles. The normalized spacial score (nSPS) is 15.6. The van der Waals surface area contributed by atoms with Gasteiger partial charge in [0, 0.05) is 50.7 Å².